The highest BCUT2D eigenvalue weighted by atomic mass is 16.5. The van der Waals surface area contributed by atoms with E-state index in [4.69, 9.17) is 14.7 Å². The molecule has 6 heteroatoms. The van der Waals surface area contributed by atoms with Crippen LogP contribution in [0.4, 0.5) is 11.5 Å². The van der Waals surface area contributed by atoms with Gasteiger partial charge in [0.2, 0.25) is 0 Å². The molecule has 0 saturated carbocycles. The molecule has 2 aromatic rings. The van der Waals surface area contributed by atoms with E-state index in [0.717, 1.165) is 74.8 Å². The van der Waals surface area contributed by atoms with Crippen LogP contribution in [0.2, 0.25) is 0 Å². The van der Waals surface area contributed by atoms with Crippen LogP contribution in [0.5, 0.6) is 6.01 Å². The number of piperazine rings is 1. The Hall–Kier alpha value is -2.86. The zero-order valence-corrected chi connectivity index (χ0v) is 18.1. The van der Waals surface area contributed by atoms with E-state index in [1.165, 1.54) is 16.8 Å². The van der Waals surface area contributed by atoms with Crippen LogP contribution >= 0.6 is 0 Å². The van der Waals surface area contributed by atoms with Crippen LogP contribution in [-0.4, -0.2) is 56.3 Å². The summed E-state index contributed by atoms with van der Waals surface area (Å²) in [5.41, 5.74) is 6.96. The van der Waals surface area contributed by atoms with Gasteiger partial charge >= 0.3 is 6.01 Å². The van der Waals surface area contributed by atoms with Gasteiger partial charge in [0.1, 0.15) is 5.82 Å². The van der Waals surface area contributed by atoms with Crippen LogP contribution in [-0.2, 0) is 12.8 Å². The fraction of sp³-hybridized carbons (Fsp3) is 0.417. The summed E-state index contributed by atoms with van der Waals surface area (Å²) in [7, 11) is 1.65. The lowest BCUT2D eigenvalue weighted by Crippen LogP contribution is -2.44. The molecule has 0 bridgehead atoms. The molecular weight excluding hydrogens is 374 g/mol. The van der Waals surface area contributed by atoms with Crippen molar-refractivity contribution in [2.24, 2.45) is 0 Å². The number of anilines is 2. The van der Waals surface area contributed by atoms with Gasteiger partial charge in [0, 0.05) is 62.5 Å². The lowest BCUT2D eigenvalue weighted by molar-refractivity contribution is 0.377. The van der Waals surface area contributed by atoms with Crippen molar-refractivity contribution >= 4 is 23.2 Å². The largest absolute Gasteiger partial charge is 0.467 e. The van der Waals surface area contributed by atoms with Gasteiger partial charge < -0.3 is 19.9 Å². The molecule has 0 amide bonds. The van der Waals surface area contributed by atoms with Crippen molar-refractivity contribution in [3.8, 4) is 6.01 Å². The Bertz CT molecular complexity index is 949. The van der Waals surface area contributed by atoms with Crippen LogP contribution in [0.15, 0.2) is 31.4 Å². The van der Waals surface area contributed by atoms with Crippen molar-refractivity contribution in [2.75, 3.05) is 56.2 Å². The van der Waals surface area contributed by atoms with Crippen LogP contribution in [0.25, 0.3) is 11.6 Å². The number of nitrogens with zero attached hydrogens (tertiary/aromatic N) is 4. The van der Waals surface area contributed by atoms with Gasteiger partial charge in [-0.3, -0.25) is 0 Å². The number of allylic oxidation sites excluding steroid dienone is 1. The molecule has 2 aliphatic rings. The Balaban J connectivity index is 1.69. The number of rotatable bonds is 5. The molecular formula is C24H31N5O. The normalized spacial score (nSPS) is 16.6. The third-order valence-electron chi connectivity index (χ3n) is 5.96. The van der Waals surface area contributed by atoms with E-state index >= 15 is 0 Å². The fourth-order valence-electron chi connectivity index (χ4n) is 4.48. The molecule has 158 valence electrons. The van der Waals surface area contributed by atoms with Gasteiger partial charge in [0.25, 0.3) is 0 Å². The molecule has 0 atom stereocenters. The second kappa shape index (κ2) is 8.88. The first-order chi connectivity index (χ1) is 14.6. The molecule has 0 aliphatic carbocycles. The summed E-state index contributed by atoms with van der Waals surface area (Å²) < 4.78 is 5.44. The highest BCUT2D eigenvalue weighted by molar-refractivity contribution is 5.81. The van der Waals surface area contributed by atoms with E-state index in [-0.39, 0.29) is 0 Å². The Kier molecular flexibility index (Phi) is 6.04. The van der Waals surface area contributed by atoms with Gasteiger partial charge in [-0.2, -0.15) is 9.97 Å². The second-order valence-electron chi connectivity index (χ2n) is 7.91. The second-order valence-corrected chi connectivity index (χ2v) is 7.91. The number of benzene rings is 1. The lowest BCUT2D eigenvalue weighted by atomic mass is 9.98. The molecule has 0 radical (unpaired) electrons. The van der Waals surface area contributed by atoms with Gasteiger partial charge in [-0.1, -0.05) is 31.4 Å². The third kappa shape index (κ3) is 3.92. The van der Waals surface area contributed by atoms with Crippen molar-refractivity contribution in [1.82, 2.24) is 15.3 Å². The summed E-state index contributed by atoms with van der Waals surface area (Å²) in [5, 5.41) is 3.42. The minimum atomic E-state index is 0.465. The minimum absolute atomic E-state index is 0.465. The maximum absolute atomic E-state index is 5.44. The predicted octanol–water partition coefficient (Wildman–Crippen LogP) is 3.18. The average molecular weight is 406 g/mol. The number of aromatic nitrogens is 2. The summed E-state index contributed by atoms with van der Waals surface area (Å²) in [6.07, 6.45) is 3.69. The zero-order valence-electron chi connectivity index (χ0n) is 18.1. The zero-order chi connectivity index (χ0) is 21.1. The monoisotopic (exact) mass is 405 g/mol. The molecule has 0 spiro atoms. The van der Waals surface area contributed by atoms with Crippen molar-refractivity contribution in [2.45, 2.75) is 19.8 Å². The van der Waals surface area contributed by atoms with Crippen molar-refractivity contribution in [3.63, 3.8) is 0 Å². The van der Waals surface area contributed by atoms with E-state index < -0.39 is 0 Å². The van der Waals surface area contributed by atoms with Gasteiger partial charge in [-0.25, -0.2) is 0 Å². The van der Waals surface area contributed by atoms with Crippen LogP contribution < -0.4 is 19.9 Å². The first-order valence-electron chi connectivity index (χ1n) is 10.7. The minimum Gasteiger partial charge on any atom is -0.467 e. The highest BCUT2D eigenvalue weighted by Crippen LogP contribution is 2.33. The topological polar surface area (TPSA) is 53.5 Å². The smallest absolute Gasteiger partial charge is 0.318 e. The van der Waals surface area contributed by atoms with Gasteiger partial charge in [0.05, 0.1) is 12.8 Å². The quantitative estimate of drug-likeness (QED) is 0.825. The predicted molar refractivity (Wildman–Crippen MR) is 125 cm³/mol. The molecule has 4 rings (SSSR count). The standard InChI is InChI=1S/C24H31N5O/c1-5-18-7-6-8-21(22(18)17(2)3)28-13-9-19-20(10-14-28)26-24(30-4)27-23(19)29-15-11-25-12-16-29/h5-8,25H,1-2,9-16H2,3-4H3. The van der Waals surface area contributed by atoms with Gasteiger partial charge in [-0.05, 0) is 30.5 Å². The van der Waals surface area contributed by atoms with Crippen LogP contribution in [0.3, 0.4) is 0 Å². The summed E-state index contributed by atoms with van der Waals surface area (Å²) >= 11 is 0. The lowest BCUT2D eigenvalue weighted by Gasteiger charge is -2.30. The van der Waals surface area contributed by atoms with E-state index in [0.29, 0.717) is 6.01 Å². The van der Waals surface area contributed by atoms with Gasteiger partial charge in [-0.15, -0.1) is 0 Å². The number of nitrogens with one attached hydrogen (secondary N) is 1. The Morgan fingerprint density at radius 3 is 2.57 bits per heavy atom. The van der Waals surface area contributed by atoms with Crippen molar-refractivity contribution < 1.29 is 4.74 Å². The summed E-state index contributed by atoms with van der Waals surface area (Å²) in [6, 6.07) is 6.86. The van der Waals surface area contributed by atoms with Crippen LogP contribution in [0.1, 0.15) is 29.3 Å². The first kappa shape index (κ1) is 20.4. The number of hydrogen-bond donors (Lipinski definition) is 1. The summed E-state index contributed by atoms with van der Waals surface area (Å²) in [6.45, 7) is 16.0. The maximum atomic E-state index is 5.44. The van der Waals surface area contributed by atoms with E-state index in [1.807, 2.05) is 6.08 Å². The Morgan fingerprint density at radius 1 is 1.10 bits per heavy atom. The molecule has 2 aliphatic heterocycles. The number of ether oxygens (including phenoxy) is 1. The molecule has 1 saturated heterocycles. The SMILES string of the molecule is C=Cc1cccc(N2CCc3nc(OC)nc(N4CCNCC4)c3CC2)c1C(=C)C. The van der Waals surface area contributed by atoms with E-state index in [9.17, 15) is 0 Å². The molecule has 3 heterocycles. The first-order valence-corrected chi connectivity index (χ1v) is 10.7. The number of hydrogen-bond acceptors (Lipinski definition) is 6. The highest BCUT2D eigenvalue weighted by Gasteiger charge is 2.25. The van der Waals surface area contributed by atoms with Crippen molar-refractivity contribution in [3.05, 3.63) is 53.7 Å². The number of methoxy groups -OCH3 is 1. The van der Waals surface area contributed by atoms with Crippen LogP contribution in [0, 0.1) is 0 Å². The Morgan fingerprint density at radius 2 is 1.87 bits per heavy atom. The summed E-state index contributed by atoms with van der Waals surface area (Å²) in [4.78, 5) is 14.3. The average Bonchev–Trinajstić information content (AvgIpc) is 3.00. The van der Waals surface area contributed by atoms with Gasteiger partial charge in [0.15, 0.2) is 0 Å². The third-order valence-corrected chi connectivity index (χ3v) is 5.96. The molecule has 1 aromatic carbocycles. The van der Waals surface area contributed by atoms with E-state index in [2.05, 4.69) is 53.4 Å². The summed E-state index contributed by atoms with van der Waals surface area (Å²) in [5.74, 6) is 1.04. The number of fused-ring (bicyclic) bond motifs is 1. The Labute approximate surface area is 179 Å². The maximum Gasteiger partial charge on any atom is 0.318 e. The molecule has 1 N–H and O–H groups in total. The fourth-order valence-corrected chi connectivity index (χ4v) is 4.48. The molecule has 30 heavy (non-hydrogen) atoms. The molecule has 1 fully saturated rings. The van der Waals surface area contributed by atoms with Crippen molar-refractivity contribution in [1.29, 1.82) is 0 Å². The molecule has 6 nitrogen and oxygen atoms in total. The van der Waals surface area contributed by atoms with E-state index in [1.54, 1.807) is 7.11 Å². The molecule has 0 unspecified atom stereocenters. The molecule has 1 aromatic heterocycles.